The molecule has 0 radical (unpaired) electrons. The van der Waals surface area contributed by atoms with E-state index in [0.717, 1.165) is 36.7 Å². The second kappa shape index (κ2) is 5.06. The maximum Gasteiger partial charge on any atom is 0.129 e. The fourth-order valence-electron chi connectivity index (χ4n) is 3.15. The Hall–Kier alpha value is -1.20. The molecule has 1 aromatic heterocycles. The van der Waals surface area contributed by atoms with Gasteiger partial charge in [-0.05, 0) is 38.4 Å². The average Bonchev–Trinajstić information content (AvgIpc) is 2.85. The quantitative estimate of drug-likeness (QED) is 0.825. The maximum atomic E-state index is 5.74. The molecule has 0 saturated carbocycles. The van der Waals surface area contributed by atoms with Crippen LogP contribution >= 0.6 is 12.2 Å². The second-order valence-electron chi connectivity index (χ2n) is 5.50. The summed E-state index contributed by atoms with van der Waals surface area (Å²) in [5.74, 6) is 1.02. The van der Waals surface area contributed by atoms with Crippen LogP contribution in [0.15, 0.2) is 12.1 Å². The number of thiocarbonyl (C=S) groups is 1. The molecule has 1 aromatic rings. The van der Waals surface area contributed by atoms with E-state index in [2.05, 4.69) is 14.8 Å². The van der Waals surface area contributed by atoms with Crippen LogP contribution in [0.3, 0.4) is 0 Å². The minimum atomic E-state index is 0.450. The SMILES string of the molecule is Cc1cc(C(N)=S)cc(N2CCN3CCCC3C2)n1. The molecule has 3 rings (SSSR count). The van der Waals surface area contributed by atoms with E-state index in [4.69, 9.17) is 18.0 Å². The first-order chi connectivity index (χ1) is 9.13. The Balaban J connectivity index is 1.83. The van der Waals surface area contributed by atoms with Crippen LogP contribution in [-0.4, -0.2) is 47.1 Å². The van der Waals surface area contributed by atoms with E-state index in [-0.39, 0.29) is 0 Å². The van der Waals surface area contributed by atoms with Gasteiger partial charge in [0.15, 0.2) is 0 Å². The number of fused-ring (bicyclic) bond motifs is 1. The fourth-order valence-corrected chi connectivity index (χ4v) is 3.27. The predicted molar refractivity (Wildman–Crippen MR) is 81.7 cm³/mol. The highest BCUT2D eigenvalue weighted by Crippen LogP contribution is 2.25. The van der Waals surface area contributed by atoms with Crippen molar-refractivity contribution < 1.29 is 0 Å². The van der Waals surface area contributed by atoms with Crippen LogP contribution in [0.1, 0.15) is 24.1 Å². The molecule has 1 atom stereocenters. The zero-order valence-electron chi connectivity index (χ0n) is 11.3. The highest BCUT2D eigenvalue weighted by Gasteiger charge is 2.31. The number of anilines is 1. The topological polar surface area (TPSA) is 45.4 Å². The van der Waals surface area contributed by atoms with E-state index in [9.17, 15) is 0 Å². The largest absolute Gasteiger partial charge is 0.389 e. The number of hydrogen-bond donors (Lipinski definition) is 1. The molecule has 3 heterocycles. The minimum absolute atomic E-state index is 0.450. The highest BCUT2D eigenvalue weighted by molar-refractivity contribution is 7.80. The third kappa shape index (κ3) is 2.58. The number of aryl methyl sites for hydroxylation is 1. The summed E-state index contributed by atoms with van der Waals surface area (Å²) in [5.41, 5.74) is 7.65. The van der Waals surface area contributed by atoms with E-state index in [1.807, 2.05) is 19.1 Å². The lowest BCUT2D eigenvalue weighted by Gasteiger charge is -2.38. The molecule has 4 nitrogen and oxygen atoms in total. The number of nitrogens with two attached hydrogens (primary N) is 1. The van der Waals surface area contributed by atoms with Crippen molar-refractivity contribution in [3.63, 3.8) is 0 Å². The molecule has 0 aliphatic carbocycles. The van der Waals surface area contributed by atoms with Gasteiger partial charge in [-0.15, -0.1) is 0 Å². The summed E-state index contributed by atoms with van der Waals surface area (Å²) in [6.45, 7) is 6.52. The predicted octanol–water partition coefficient (Wildman–Crippen LogP) is 1.31. The first-order valence-corrected chi connectivity index (χ1v) is 7.32. The zero-order valence-corrected chi connectivity index (χ0v) is 12.1. The molecule has 0 aromatic carbocycles. The Morgan fingerprint density at radius 1 is 1.37 bits per heavy atom. The van der Waals surface area contributed by atoms with Crippen molar-refractivity contribution in [3.8, 4) is 0 Å². The Bertz CT molecular complexity index is 502. The van der Waals surface area contributed by atoms with E-state index in [0.29, 0.717) is 11.0 Å². The van der Waals surface area contributed by atoms with Crippen molar-refractivity contribution >= 4 is 23.0 Å². The van der Waals surface area contributed by atoms with Gasteiger partial charge in [0.2, 0.25) is 0 Å². The third-order valence-corrected chi connectivity index (χ3v) is 4.37. The second-order valence-corrected chi connectivity index (χ2v) is 5.94. The van der Waals surface area contributed by atoms with Gasteiger partial charge in [0.1, 0.15) is 10.8 Å². The molecule has 0 spiro atoms. The summed E-state index contributed by atoms with van der Waals surface area (Å²) >= 11 is 5.08. The van der Waals surface area contributed by atoms with Crippen molar-refractivity contribution in [2.45, 2.75) is 25.8 Å². The van der Waals surface area contributed by atoms with Gasteiger partial charge >= 0.3 is 0 Å². The van der Waals surface area contributed by atoms with Gasteiger partial charge in [0, 0.05) is 36.9 Å². The molecule has 2 aliphatic rings. The van der Waals surface area contributed by atoms with Crippen molar-refractivity contribution in [1.82, 2.24) is 9.88 Å². The summed E-state index contributed by atoms with van der Waals surface area (Å²) in [6, 6.07) is 4.68. The standard InChI is InChI=1S/C14H20N4S/c1-10-7-11(14(15)19)8-13(16-10)18-6-5-17-4-2-3-12(17)9-18/h7-8,12H,2-6,9H2,1H3,(H2,15,19). The number of piperazine rings is 1. The van der Waals surface area contributed by atoms with Crippen LogP contribution in [0, 0.1) is 6.92 Å². The van der Waals surface area contributed by atoms with Crippen molar-refractivity contribution in [3.05, 3.63) is 23.4 Å². The van der Waals surface area contributed by atoms with Gasteiger partial charge in [-0.3, -0.25) is 4.90 Å². The molecular formula is C14H20N4S. The molecule has 2 N–H and O–H groups in total. The monoisotopic (exact) mass is 276 g/mol. The number of rotatable bonds is 2. The number of pyridine rings is 1. The molecule has 2 fully saturated rings. The lowest BCUT2D eigenvalue weighted by atomic mass is 10.1. The van der Waals surface area contributed by atoms with Crippen LogP contribution in [0.5, 0.6) is 0 Å². The van der Waals surface area contributed by atoms with Crippen LogP contribution in [-0.2, 0) is 0 Å². The highest BCUT2D eigenvalue weighted by atomic mass is 32.1. The first kappa shape index (κ1) is 12.8. The van der Waals surface area contributed by atoms with Gasteiger partial charge in [-0.25, -0.2) is 4.98 Å². The van der Waals surface area contributed by atoms with Crippen LogP contribution in [0.25, 0.3) is 0 Å². The molecular weight excluding hydrogens is 256 g/mol. The Labute approximate surface area is 119 Å². The average molecular weight is 276 g/mol. The Morgan fingerprint density at radius 3 is 3.00 bits per heavy atom. The van der Waals surface area contributed by atoms with Gasteiger partial charge in [0.25, 0.3) is 0 Å². The Kier molecular flexibility index (Phi) is 3.41. The van der Waals surface area contributed by atoms with Gasteiger partial charge in [0.05, 0.1) is 0 Å². The van der Waals surface area contributed by atoms with Crippen LogP contribution < -0.4 is 10.6 Å². The van der Waals surface area contributed by atoms with Gasteiger partial charge in [-0.1, -0.05) is 12.2 Å². The molecule has 102 valence electrons. The zero-order chi connectivity index (χ0) is 13.4. The number of aromatic nitrogens is 1. The van der Waals surface area contributed by atoms with Crippen molar-refractivity contribution in [2.24, 2.45) is 5.73 Å². The van der Waals surface area contributed by atoms with Crippen molar-refractivity contribution in [2.75, 3.05) is 31.1 Å². The maximum absolute atomic E-state index is 5.74. The minimum Gasteiger partial charge on any atom is -0.389 e. The summed E-state index contributed by atoms with van der Waals surface area (Å²) in [5, 5.41) is 0. The lowest BCUT2D eigenvalue weighted by Crippen LogP contribution is -2.50. The summed E-state index contributed by atoms with van der Waals surface area (Å²) in [4.78, 5) is 10.1. The number of nitrogens with zero attached hydrogens (tertiary/aromatic N) is 3. The first-order valence-electron chi connectivity index (χ1n) is 6.91. The summed E-state index contributed by atoms with van der Waals surface area (Å²) < 4.78 is 0. The molecule has 2 aliphatic heterocycles. The molecule has 0 amide bonds. The van der Waals surface area contributed by atoms with E-state index in [1.54, 1.807) is 0 Å². The lowest BCUT2D eigenvalue weighted by molar-refractivity contribution is 0.230. The third-order valence-electron chi connectivity index (χ3n) is 4.14. The van der Waals surface area contributed by atoms with Gasteiger partial charge in [-0.2, -0.15) is 0 Å². The van der Waals surface area contributed by atoms with Crippen LogP contribution in [0.4, 0.5) is 5.82 Å². The number of hydrogen-bond acceptors (Lipinski definition) is 4. The van der Waals surface area contributed by atoms with E-state index < -0.39 is 0 Å². The van der Waals surface area contributed by atoms with Gasteiger partial charge < -0.3 is 10.6 Å². The summed E-state index contributed by atoms with van der Waals surface area (Å²) in [7, 11) is 0. The summed E-state index contributed by atoms with van der Waals surface area (Å²) in [6.07, 6.45) is 2.64. The smallest absolute Gasteiger partial charge is 0.129 e. The molecule has 19 heavy (non-hydrogen) atoms. The van der Waals surface area contributed by atoms with Crippen molar-refractivity contribution in [1.29, 1.82) is 0 Å². The molecule has 2 saturated heterocycles. The fraction of sp³-hybridized carbons (Fsp3) is 0.571. The van der Waals surface area contributed by atoms with Crippen LogP contribution in [0.2, 0.25) is 0 Å². The normalized spacial score (nSPS) is 23.4. The molecule has 0 bridgehead atoms. The molecule has 5 heteroatoms. The molecule has 1 unspecified atom stereocenters. The van der Waals surface area contributed by atoms with E-state index in [1.165, 1.54) is 19.4 Å². The van der Waals surface area contributed by atoms with E-state index >= 15 is 0 Å². The Morgan fingerprint density at radius 2 is 2.21 bits per heavy atom.